The normalized spacial score (nSPS) is 18.8. The summed E-state index contributed by atoms with van der Waals surface area (Å²) in [5.74, 6) is 2.37. The Morgan fingerprint density at radius 2 is 1.81 bits per heavy atom. The summed E-state index contributed by atoms with van der Waals surface area (Å²) in [5, 5.41) is 3.91. The highest BCUT2D eigenvalue weighted by molar-refractivity contribution is 5.82. The van der Waals surface area contributed by atoms with Crippen LogP contribution in [0.3, 0.4) is 0 Å². The van der Waals surface area contributed by atoms with Crippen molar-refractivity contribution in [3.63, 3.8) is 0 Å². The molecule has 3 aromatic rings. The van der Waals surface area contributed by atoms with E-state index in [1.807, 2.05) is 18.2 Å². The summed E-state index contributed by atoms with van der Waals surface area (Å²) in [4.78, 5) is 26.9. The van der Waals surface area contributed by atoms with Gasteiger partial charge in [-0.05, 0) is 18.2 Å². The molecule has 27 heavy (non-hydrogen) atoms. The molecule has 9 heteroatoms. The summed E-state index contributed by atoms with van der Waals surface area (Å²) >= 11 is 0. The number of para-hydroxylation sites is 2. The second-order valence-electron chi connectivity index (χ2n) is 6.33. The molecule has 0 saturated carbocycles. The summed E-state index contributed by atoms with van der Waals surface area (Å²) in [6, 6.07) is 9.04. The first-order valence-corrected chi connectivity index (χ1v) is 8.56. The summed E-state index contributed by atoms with van der Waals surface area (Å²) in [7, 11) is 0. The van der Waals surface area contributed by atoms with E-state index >= 15 is 0 Å². The summed E-state index contributed by atoms with van der Waals surface area (Å²) in [5.41, 5.74) is 0. The van der Waals surface area contributed by atoms with Crippen LogP contribution in [0.15, 0.2) is 47.2 Å². The molecule has 1 fully saturated rings. The lowest BCUT2D eigenvalue weighted by atomic mass is 9.99. The monoisotopic (exact) mass is 365 g/mol. The Hall–Kier alpha value is -3.49. The molecule has 1 atom stereocenters. The molecular weight excluding hydrogens is 350 g/mol. The maximum atomic E-state index is 12.6. The lowest BCUT2D eigenvalue weighted by Gasteiger charge is -2.39. The lowest BCUT2D eigenvalue weighted by Crippen LogP contribution is -2.55. The Kier molecular flexibility index (Phi) is 3.70. The minimum Gasteiger partial charge on any atom is -0.485 e. The highest BCUT2D eigenvalue weighted by Gasteiger charge is 2.40. The number of rotatable bonds is 3. The fourth-order valence-corrected chi connectivity index (χ4v) is 3.07. The van der Waals surface area contributed by atoms with Crippen LogP contribution in [0.5, 0.6) is 11.5 Å². The summed E-state index contributed by atoms with van der Waals surface area (Å²) in [6.45, 7) is 1.20. The average molecular weight is 365 g/mol. The van der Waals surface area contributed by atoms with E-state index in [9.17, 15) is 4.79 Å². The van der Waals surface area contributed by atoms with Crippen molar-refractivity contribution in [3.8, 4) is 23.1 Å². The number of ether oxygens (including phenoxy) is 2. The number of aromatic nitrogens is 4. The summed E-state index contributed by atoms with van der Waals surface area (Å²) in [6.07, 6.45) is 2.59. The van der Waals surface area contributed by atoms with Crippen molar-refractivity contribution < 1.29 is 18.8 Å². The van der Waals surface area contributed by atoms with Crippen LogP contribution in [0.4, 0.5) is 0 Å². The van der Waals surface area contributed by atoms with Gasteiger partial charge in [-0.15, -0.1) is 0 Å². The van der Waals surface area contributed by atoms with Gasteiger partial charge in [0.2, 0.25) is 23.6 Å². The third kappa shape index (κ3) is 2.86. The first-order valence-electron chi connectivity index (χ1n) is 8.56. The Balaban J connectivity index is 1.21. The molecule has 0 radical (unpaired) electrons. The van der Waals surface area contributed by atoms with Crippen molar-refractivity contribution in [1.82, 2.24) is 25.0 Å². The van der Waals surface area contributed by atoms with Crippen LogP contribution in [-0.2, 0) is 4.79 Å². The Morgan fingerprint density at radius 1 is 1.04 bits per heavy atom. The van der Waals surface area contributed by atoms with E-state index in [4.69, 9.17) is 14.0 Å². The maximum Gasteiger partial charge on any atom is 0.267 e. The van der Waals surface area contributed by atoms with Crippen molar-refractivity contribution >= 4 is 5.91 Å². The maximum absolute atomic E-state index is 12.6. The molecule has 2 aliphatic rings. The molecule has 5 rings (SSSR count). The van der Waals surface area contributed by atoms with Crippen molar-refractivity contribution in [2.24, 2.45) is 0 Å². The zero-order valence-corrected chi connectivity index (χ0v) is 14.2. The van der Waals surface area contributed by atoms with E-state index in [1.165, 1.54) is 0 Å². The highest BCUT2D eigenvalue weighted by atomic mass is 16.6. The molecule has 9 nitrogen and oxygen atoms in total. The first kappa shape index (κ1) is 15.7. The number of nitrogens with zero attached hydrogens (tertiary/aromatic N) is 5. The topological polar surface area (TPSA) is 103 Å². The van der Waals surface area contributed by atoms with Gasteiger partial charge in [-0.25, -0.2) is 9.97 Å². The fraction of sp³-hybridized carbons (Fsp3) is 0.278. The molecule has 1 aromatic carbocycles. The second-order valence-corrected chi connectivity index (χ2v) is 6.33. The smallest absolute Gasteiger partial charge is 0.267 e. The Bertz CT molecular complexity index is 971. The van der Waals surface area contributed by atoms with Crippen LogP contribution in [0, 0.1) is 0 Å². The highest BCUT2D eigenvalue weighted by Crippen LogP contribution is 2.33. The van der Waals surface area contributed by atoms with Crippen LogP contribution in [-0.4, -0.2) is 56.7 Å². The minimum atomic E-state index is -0.642. The Morgan fingerprint density at radius 3 is 2.63 bits per heavy atom. The van der Waals surface area contributed by atoms with Crippen LogP contribution < -0.4 is 9.47 Å². The number of amides is 1. The van der Waals surface area contributed by atoms with E-state index < -0.39 is 6.10 Å². The largest absolute Gasteiger partial charge is 0.485 e. The third-order valence-electron chi connectivity index (χ3n) is 4.53. The predicted octanol–water partition coefficient (Wildman–Crippen LogP) is 1.29. The number of carbonyl (C=O) groups excluding carboxylic acids is 1. The average Bonchev–Trinajstić information content (AvgIpc) is 3.17. The van der Waals surface area contributed by atoms with E-state index in [-0.39, 0.29) is 18.4 Å². The zero-order valence-electron chi connectivity index (χ0n) is 14.2. The van der Waals surface area contributed by atoms with Gasteiger partial charge in [-0.3, -0.25) is 4.79 Å². The molecule has 1 amide bonds. The standard InChI is InChI=1S/C18H15N5O4/c24-18(14-10-25-12-4-1-2-5-13(12)26-14)23-8-11(9-23)17-21-16(22-27-17)15-19-6-3-7-20-15/h1-7,11,14H,8-10H2. The molecule has 1 saturated heterocycles. The van der Waals surface area contributed by atoms with Crippen LogP contribution in [0.2, 0.25) is 0 Å². The SMILES string of the molecule is O=C(C1COc2ccccc2O1)N1CC(c2nc(-c3ncccn3)no2)C1. The number of benzene rings is 1. The van der Waals surface area contributed by atoms with Gasteiger partial charge >= 0.3 is 0 Å². The molecule has 1 unspecified atom stereocenters. The molecule has 0 N–H and O–H groups in total. The predicted molar refractivity (Wildman–Crippen MR) is 91.0 cm³/mol. The zero-order chi connectivity index (χ0) is 18.2. The van der Waals surface area contributed by atoms with Crippen molar-refractivity contribution in [2.75, 3.05) is 19.7 Å². The third-order valence-corrected chi connectivity index (χ3v) is 4.53. The van der Waals surface area contributed by atoms with Gasteiger partial charge in [0.15, 0.2) is 11.5 Å². The molecule has 0 spiro atoms. The van der Waals surface area contributed by atoms with Crippen LogP contribution in [0.1, 0.15) is 11.8 Å². The van der Waals surface area contributed by atoms with E-state index in [2.05, 4.69) is 20.1 Å². The first-order chi connectivity index (χ1) is 13.3. The van der Waals surface area contributed by atoms with Gasteiger partial charge in [0.05, 0.1) is 5.92 Å². The molecule has 136 valence electrons. The molecule has 2 aliphatic heterocycles. The molecule has 4 heterocycles. The quantitative estimate of drug-likeness (QED) is 0.684. The molecule has 2 aromatic heterocycles. The van der Waals surface area contributed by atoms with E-state index in [1.54, 1.807) is 29.4 Å². The van der Waals surface area contributed by atoms with Gasteiger partial charge in [0.25, 0.3) is 5.91 Å². The second kappa shape index (κ2) is 6.35. The van der Waals surface area contributed by atoms with Crippen molar-refractivity contribution in [2.45, 2.75) is 12.0 Å². The van der Waals surface area contributed by atoms with E-state index in [0.29, 0.717) is 42.1 Å². The Labute approximate surface area is 153 Å². The van der Waals surface area contributed by atoms with Gasteiger partial charge in [-0.2, -0.15) is 4.98 Å². The number of fused-ring (bicyclic) bond motifs is 1. The molecule has 0 aliphatic carbocycles. The van der Waals surface area contributed by atoms with Gasteiger partial charge < -0.3 is 18.9 Å². The lowest BCUT2D eigenvalue weighted by molar-refractivity contribution is -0.146. The number of carbonyl (C=O) groups is 1. The van der Waals surface area contributed by atoms with Crippen molar-refractivity contribution in [3.05, 3.63) is 48.6 Å². The summed E-state index contributed by atoms with van der Waals surface area (Å²) < 4.78 is 16.7. The van der Waals surface area contributed by atoms with Gasteiger partial charge in [0.1, 0.15) is 6.61 Å². The number of hydrogen-bond acceptors (Lipinski definition) is 8. The van der Waals surface area contributed by atoms with E-state index in [0.717, 1.165) is 0 Å². The van der Waals surface area contributed by atoms with Crippen molar-refractivity contribution in [1.29, 1.82) is 0 Å². The van der Waals surface area contributed by atoms with Crippen LogP contribution in [0.25, 0.3) is 11.6 Å². The van der Waals surface area contributed by atoms with Gasteiger partial charge in [-0.1, -0.05) is 17.3 Å². The minimum absolute atomic E-state index is 0.00397. The molecule has 0 bridgehead atoms. The number of hydrogen-bond donors (Lipinski definition) is 0. The molecular formula is C18H15N5O4. The number of likely N-dealkylation sites (tertiary alicyclic amines) is 1. The van der Waals surface area contributed by atoms with Gasteiger partial charge in [0, 0.05) is 25.5 Å². The fourth-order valence-electron chi connectivity index (χ4n) is 3.07. The van der Waals surface area contributed by atoms with Crippen LogP contribution >= 0.6 is 0 Å².